The molecule has 29 heavy (non-hydrogen) atoms. The monoisotopic (exact) mass is 413 g/mol. The summed E-state index contributed by atoms with van der Waals surface area (Å²) in [6.45, 7) is 4.47. The summed E-state index contributed by atoms with van der Waals surface area (Å²) in [6, 6.07) is 3.85. The second kappa shape index (κ2) is 7.07. The van der Waals surface area contributed by atoms with E-state index in [2.05, 4.69) is 22.9 Å². The first-order valence-electron chi connectivity index (χ1n) is 9.91. The summed E-state index contributed by atoms with van der Waals surface area (Å²) in [6.07, 6.45) is 7.27. The van der Waals surface area contributed by atoms with E-state index in [-0.39, 0.29) is 11.8 Å². The van der Waals surface area contributed by atoms with Crippen molar-refractivity contribution in [3.05, 3.63) is 35.7 Å². The molecule has 8 nitrogen and oxygen atoms in total. The van der Waals surface area contributed by atoms with Crippen molar-refractivity contribution in [1.29, 1.82) is 0 Å². The lowest BCUT2D eigenvalue weighted by atomic mass is 10.1. The van der Waals surface area contributed by atoms with Gasteiger partial charge in [-0.3, -0.25) is 9.29 Å². The molecular weight excluding hydrogens is 390 g/mol. The number of nitrogens with zero attached hydrogens (tertiary/aromatic N) is 5. The van der Waals surface area contributed by atoms with Crippen molar-refractivity contribution < 1.29 is 13.2 Å². The third-order valence-electron chi connectivity index (χ3n) is 5.63. The Kier molecular flexibility index (Phi) is 4.51. The van der Waals surface area contributed by atoms with E-state index in [1.165, 1.54) is 4.31 Å². The lowest BCUT2D eigenvalue weighted by Crippen LogP contribution is -2.44. The summed E-state index contributed by atoms with van der Waals surface area (Å²) in [5, 5.41) is 0. The van der Waals surface area contributed by atoms with Gasteiger partial charge < -0.3 is 9.64 Å². The van der Waals surface area contributed by atoms with Crippen LogP contribution in [0.5, 0.6) is 0 Å². The van der Waals surface area contributed by atoms with Crippen LogP contribution in [-0.2, 0) is 21.2 Å². The quantitative estimate of drug-likeness (QED) is 0.759. The minimum atomic E-state index is -3.34. The molecule has 2 fully saturated rings. The molecule has 0 unspecified atom stereocenters. The molecule has 1 atom stereocenters. The van der Waals surface area contributed by atoms with Gasteiger partial charge >= 0.3 is 0 Å². The van der Waals surface area contributed by atoms with E-state index in [1.54, 1.807) is 12.3 Å². The summed E-state index contributed by atoms with van der Waals surface area (Å²) >= 11 is 0. The zero-order valence-electron chi connectivity index (χ0n) is 16.3. The van der Waals surface area contributed by atoms with E-state index in [4.69, 9.17) is 14.7 Å². The molecule has 2 aliphatic heterocycles. The molecule has 9 heteroatoms. The third-order valence-corrected chi connectivity index (χ3v) is 7.47. The zero-order chi connectivity index (χ0) is 20.0. The van der Waals surface area contributed by atoms with Gasteiger partial charge in [0.2, 0.25) is 10.0 Å². The van der Waals surface area contributed by atoms with Gasteiger partial charge in [-0.05, 0) is 19.4 Å². The van der Waals surface area contributed by atoms with E-state index in [0.29, 0.717) is 44.4 Å². The van der Waals surface area contributed by atoms with E-state index in [1.807, 2.05) is 12.1 Å². The Labute approximate surface area is 170 Å². The second-order valence-electron chi connectivity index (χ2n) is 7.59. The molecule has 0 bridgehead atoms. The number of anilines is 2. The Hall–Kier alpha value is -2.52. The molecule has 0 spiro atoms. The van der Waals surface area contributed by atoms with Crippen LogP contribution in [0.2, 0.25) is 0 Å². The van der Waals surface area contributed by atoms with Crippen molar-refractivity contribution in [3.63, 3.8) is 0 Å². The van der Waals surface area contributed by atoms with Gasteiger partial charge in [0.15, 0.2) is 5.82 Å². The van der Waals surface area contributed by atoms with Crippen LogP contribution < -0.4 is 9.21 Å². The Morgan fingerprint density at radius 1 is 1.21 bits per heavy atom. The zero-order valence-corrected chi connectivity index (χ0v) is 17.1. The van der Waals surface area contributed by atoms with E-state index < -0.39 is 10.0 Å². The smallest absolute Gasteiger partial charge is 0.236 e. The van der Waals surface area contributed by atoms with Crippen LogP contribution in [0.25, 0.3) is 17.5 Å². The molecule has 2 aromatic rings. The number of sulfonamides is 1. The molecule has 2 aromatic heterocycles. The lowest BCUT2D eigenvalue weighted by Gasteiger charge is -2.34. The van der Waals surface area contributed by atoms with Crippen LogP contribution in [0.3, 0.4) is 0 Å². The average molecular weight is 414 g/mol. The number of pyridine rings is 1. The van der Waals surface area contributed by atoms with Crippen molar-refractivity contribution >= 4 is 27.7 Å². The standard InChI is InChI=1S/C20H23N5O3S/c1-14-13-28-10-9-24(14)18-12-19(25-8-3-11-29(25,26)27)23-20(22-18)16-6-7-21-17-5-2-4-15(16)17/h2,4,6-7,12,14H,3,5,8-11,13H2,1H3/t14-/m1/s1. The van der Waals surface area contributed by atoms with E-state index >= 15 is 0 Å². The van der Waals surface area contributed by atoms with Gasteiger partial charge in [-0.2, -0.15) is 0 Å². The number of hydrogen-bond donors (Lipinski definition) is 0. The number of ether oxygens (including phenoxy) is 1. The average Bonchev–Trinajstić information content (AvgIpc) is 3.33. The molecule has 0 aromatic carbocycles. The molecule has 0 N–H and O–H groups in total. The molecule has 4 heterocycles. The van der Waals surface area contributed by atoms with Crippen molar-refractivity contribution in [2.45, 2.75) is 25.8 Å². The summed E-state index contributed by atoms with van der Waals surface area (Å²) in [7, 11) is -3.34. The highest BCUT2D eigenvalue weighted by Gasteiger charge is 2.32. The minimum absolute atomic E-state index is 0.151. The molecule has 0 amide bonds. The number of morpholine rings is 1. The van der Waals surface area contributed by atoms with Gasteiger partial charge in [-0.15, -0.1) is 0 Å². The van der Waals surface area contributed by atoms with E-state index in [0.717, 1.165) is 29.1 Å². The van der Waals surface area contributed by atoms with Crippen LogP contribution in [0.4, 0.5) is 11.6 Å². The number of rotatable bonds is 3. The Morgan fingerprint density at radius 2 is 2.07 bits per heavy atom. The summed E-state index contributed by atoms with van der Waals surface area (Å²) in [5.74, 6) is 1.86. The topological polar surface area (TPSA) is 88.5 Å². The normalized spacial score (nSPS) is 22.9. The van der Waals surface area contributed by atoms with Crippen molar-refractivity contribution in [3.8, 4) is 11.4 Å². The van der Waals surface area contributed by atoms with Crippen LogP contribution in [0, 0.1) is 0 Å². The van der Waals surface area contributed by atoms with Crippen molar-refractivity contribution in [2.24, 2.45) is 0 Å². The fourth-order valence-electron chi connectivity index (χ4n) is 4.13. The fraction of sp³-hybridized carbons (Fsp3) is 0.450. The molecular formula is C20H23N5O3S. The Bertz CT molecular complexity index is 1090. The molecule has 152 valence electrons. The second-order valence-corrected chi connectivity index (χ2v) is 9.61. The first-order valence-corrected chi connectivity index (χ1v) is 11.5. The van der Waals surface area contributed by atoms with Crippen LogP contribution in [0.1, 0.15) is 24.6 Å². The maximum Gasteiger partial charge on any atom is 0.236 e. The first-order chi connectivity index (χ1) is 14.0. The fourth-order valence-corrected chi connectivity index (χ4v) is 5.63. The SMILES string of the molecule is C[C@@H]1COCCN1c1cc(N2CCCS2(=O)=O)nc(-c2ccnc3c2C=CC3)n1. The largest absolute Gasteiger partial charge is 0.377 e. The number of allylic oxidation sites excluding steroid dienone is 1. The van der Waals surface area contributed by atoms with Gasteiger partial charge in [0.1, 0.15) is 11.6 Å². The molecule has 0 radical (unpaired) electrons. The Morgan fingerprint density at radius 3 is 2.86 bits per heavy atom. The van der Waals surface area contributed by atoms with Crippen LogP contribution in [-0.4, -0.2) is 61.5 Å². The number of hydrogen-bond acceptors (Lipinski definition) is 7. The van der Waals surface area contributed by atoms with Crippen molar-refractivity contribution in [1.82, 2.24) is 15.0 Å². The highest BCUT2D eigenvalue weighted by molar-refractivity contribution is 7.93. The molecule has 2 saturated heterocycles. The van der Waals surface area contributed by atoms with Crippen molar-refractivity contribution in [2.75, 3.05) is 41.3 Å². The minimum Gasteiger partial charge on any atom is -0.377 e. The van der Waals surface area contributed by atoms with Gasteiger partial charge in [0, 0.05) is 42.9 Å². The molecule has 1 aliphatic carbocycles. The Balaban J connectivity index is 1.67. The lowest BCUT2D eigenvalue weighted by molar-refractivity contribution is 0.0985. The number of fused-ring (bicyclic) bond motifs is 1. The van der Waals surface area contributed by atoms with Gasteiger partial charge in [0.05, 0.1) is 30.7 Å². The molecule has 0 saturated carbocycles. The summed E-state index contributed by atoms with van der Waals surface area (Å²) < 4.78 is 32.1. The van der Waals surface area contributed by atoms with Crippen LogP contribution in [0.15, 0.2) is 24.4 Å². The third kappa shape index (κ3) is 3.28. The highest BCUT2D eigenvalue weighted by Crippen LogP contribution is 2.33. The summed E-state index contributed by atoms with van der Waals surface area (Å²) in [5.41, 5.74) is 2.88. The summed E-state index contributed by atoms with van der Waals surface area (Å²) in [4.78, 5) is 16.2. The maximum absolute atomic E-state index is 12.6. The van der Waals surface area contributed by atoms with Gasteiger partial charge in [-0.1, -0.05) is 12.2 Å². The highest BCUT2D eigenvalue weighted by atomic mass is 32.2. The van der Waals surface area contributed by atoms with Gasteiger partial charge in [-0.25, -0.2) is 18.4 Å². The van der Waals surface area contributed by atoms with Crippen LogP contribution >= 0.6 is 0 Å². The molecule has 5 rings (SSSR count). The van der Waals surface area contributed by atoms with E-state index in [9.17, 15) is 8.42 Å². The van der Waals surface area contributed by atoms with Gasteiger partial charge in [0.25, 0.3) is 0 Å². The maximum atomic E-state index is 12.6. The number of aromatic nitrogens is 3. The molecule has 3 aliphatic rings. The predicted octanol–water partition coefficient (Wildman–Crippen LogP) is 1.87. The predicted molar refractivity (Wildman–Crippen MR) is 111 cm³/mol. The first kappa shape index (κ1) is 18.5.